The van der Waals surface area contributed by atoms with Gasteiger partial charge in [-0.15, -0.1) is 11.3 Å². The van der Waals surface area contributed by atoms with Crippen LogP contribution in [0.3, 0.4) is 0 Å². The molecule has 1 atom stereocenters. The molecule has 1 N–H and O–H groups in total. The van der Waals surface area contributed by atoms with Gasteiger partial charge < -0.3 is 15.1 Å². The fourth-order valence-electron chi connectivity index (χ4n) is 4.53. The number of aromatic nitrogens is 2. The maximum Gasteiger partial charge on any atom is 0.325 e. The molecule has 2 aromatic heterocycles. The van der Waals surface area contributed by atoms with Crippen LogP contribution in [0.25, 0.3) is 0 Å². The second-order valence-corrected chi connectivity index (χ2v) is 8.76. The van der Waals surface area contributed by atoms with E-state index in [1.165, 1.54) is 0 Å². The minimum atomic E-state index is -1.01. The molecule has 1 spiro atoms. The third kappa shape index (κ3) is 3.02. The van der Waals surface area contributed by atoms with Crippen molar-refractivity contribution in [3.05, 3.63) is 40.3 Å². The Morgan fingerprint density at radius 3 is 2.70 bits per heavy atom. The van der Waals surface area contributed by atoms with E-state index in [1.54, 1.807) is 34.7 Å². The van der Waals surface area contributed by atoms with Crippen LogP contribution in [0.2, 0.25) is 0 Å². The zero-order chi connectivity index (χ0) is 20.7. The molecule has 5 rings (SSSR count). The van der Waals surface area contributed by atoms with E-state index < -0.39 is 11.6 Å². The monoisotopic (exact) mass is 426 g/mol. The summed E-state index contributed by atoms with van der Waals surface area (Å²) >= 11 is 1.61. The van der Waals surface area contributed by atoms with Gasteiger partial charge in [0.25, 0.3) is 5.91 Å². The van der Waals surface area contributed by atoms with Gasteiger partial charge in [-0.1, -0.05) is 0 Å². The highest BCUT2D eigenvalue weighted by molar-refractivity contribution is 7.10. The van der Waals surface area contributed by atoms with Gasteiger partial charge in [-0.2, -0.15) is 0 Å². The smallest absolute Gasteiger partial charge is 0.325 e. The van der Waals surface area contributed by atoms with Crippen molar-refractivity contribution in [2.24, 2.45) is 0 Å². The van der Waals surface area contributed by atoms with Crippen LogP contribution in [0.1, 0.15) is 23.3 Å². The molecule has 0 radical (unpaired) electrons. The van der Waals surface area contributed by atoms with Crippen molar-refractivity contribution in [3.8, 4) is 0 Å². The average Bonchev–Trinajstić information content (AvgIpc) is 3.35. The van der Waals surface area contributed by atoms with Crippen molar-refractivity contribution >= 4 is 35.1 Å². The van der Waals surface area contributed by atoms with Crippen LogP contribution in [0.15, 0.2) is 29.9 Å². The number of urea groups is 1. The molecule has 0 unspecified atom stereocenters. The summed E-state index contributed by atoms with van der Waals surface area (Å²) in [4.78, 5) is 53.2. The maximum absolute atomic E-state index is 13.3. The molecule has 2 saturated heterocycles. The van der Waals surface area contributed by atoms with Gasteiger partial charge in [0.1, 0.15) is 12.1 Å². The first-order chi connectivity index (χ1) is 14.6. The van der Waals surface area contributed by atoms with Gasteiger partial charge in [-0.25, -0.2) is 14.8 Å². The van der Waals surface area contributed by atoms with E-state index >= 15 is 0 Å². The van der Waals surface area contributed by atoms with Crippen LogP contribution in [0, 0.1) is 0 Å². The lowest BCUT2D eigenvalue weighted by atomic mass is 9.80. The fraction of sp³-hybridized carbons (Fsp3) is 0.450. The lowest BCUT2D eigenvalue weighted by molar-refractivity contribution is -0.139. The van der Waals surface area contributed by atoms with Crippen LogP contribution in [-0.2, 0) is 21.5 Å². The number of carbonyl (C=O) groups excluding carboxylic acids is 3. The first-order valence-electron chi connectivity index (χ1n) is 10.1. The predicted molar refractivity (Wildman–Crippen MR) is 110 cm³/mol. The molecule has 3 aliphatic rings. The van der Waals surface area contributed by atoms with Gasteiger partial charge in [0.15, 0.2) is 0 Å². The van der Waals surface area contributed by atoms with Crippen LogP contribution in [0.5, 0.6) is 0 Å². The minimum Gasteiger partial charge on any atom is -0.338 e. The number of aryl methyl sites for hydroxylation is 1. The van der Waals surface area contributed by atoms with Gasteiger partial charge in [0.2, 0.25) is 11.9 Å². The molecule has 0 saturated carbocycles. The van der Waals surface area contributed by atoms with Crippen molar-refractivity contribution in [1.82, 2.24) is 25.1 Å². The molecule has 1 aliphatic carbocycles. The zero-order valence-electron chi connectivity index (χ0n) is 16.4. The Hall–Kier alpha value is -3.01. The molecule has 2 fully saturated rings. The Kier molecular flexibility index (Phi) is 4.65. The van der Waals surface area contributed by atoms with Crippen molar-refractivity contribution in [2.75, 3.05) is 37.6 Å². The number of hydrogen-bond donors (Lipinski definition) is 1. The predicted octanol–water partition coefficient (Wildman–Crippen LogP) is 0.970. The summed E-state index contributed by atoms with van der Waals surface area (Å²) < 4.78 is 0. The molecular weight excluding hydrogens is 404 g/mol. The molecule has 30 heavy (non-hydrogen) atoms. The Morgan fingerprint density at radius 2 is 1.93 bits per heavy atom. The molecule has 2 aliphatic heterocycles. The number of fused-ring (bicyclic) bond motifs is 2. The van der Waals surface area contributed by atoms with Crippen LogP contribution >= 0.6 is 11.3 Å². The number of hydrogen-bond acceptors (Lipinski definition) is 7. The fourth-order valence-corrected chi connectivity index (χ4v) is 5.53. The first kappa shape index (κ1) is 19.0. The van der Waals surface area contributed by atoms with E-state index in [1.807, 2.05) is 16.3 Å². The Bertz CT molecular complexity index is 987. The number of thiophene rings is 1. The summed E-state index contributed by atoms with van der Waals surface area (Å²) in [6.45, 7) is 1.99. The standard InChI is InChI=1S/C20H22N6O3S/c27-16(24-8-10-25(11-9-24)18-21-6-2-7-22-18)13-26-17(28)20(23-19(26)29)5-1-3-15-14(20)4-12-30-15/h2,4,6-7,12H,1,3,5,8-11,13H2,(H,23,29)/t20-/m0/s1. The van der Waals surface area contributed by atoms with Crippen molar-refractivity contribution in [1.29, 1.82) is 0 Å². The maximum atomic E-state index is 13.3. The van der Waals surface area contributed by atoms with E-state index in [9.17, 15) is 14.4 Å². The number of anilines is 1. The SMILES string of the molecule is O=C(CN1C(=O)N[C@]2(CCCc3sccc32)C1=O)N1CCN(c2ncccn2)CC1. The average molecular weight is 427 g/mol. The van der Waals surface area contributed by atoms with E-state index in [4.69, 9.17) is 0 Å². The summed E-state index contributed by atoms with van der Waals surface area (Å²) in [6.07, 6.45) is 5.72. The highest BCUT2D eigenvalue weighted by Crippen LogP contribution is 2.42. The molecule has 4 amide bonds. The topological polar surface area (TPSA) is 98.7 Å². The summed E-state index contributed by atoms with van der Waals surface area (Å²) in [7, 11) is 0. The highest BCUT2D eigenvalue weighted by atomic mass is 32.1. The van der Waals surface area contributed by atoms with Crippen LogP contribution in [0.4, 0.5) is 10.7 Å². The Morgan fingerprint density at radius 1 is 1.17 bits per heavy atom. The van der Waals surface area contributed by atoms with Gasteiger partial charge in [-0.05, 0) is 36.8 Å². The van der Waals surface area contributed by atoms with E-state index in [0.717, 1.165) is 28.2 Å². The van der Waals surface area contributed by atoms with E-state index in [0.29, 0.717) is 38.5 Å². The second kappa shape index (κ2) is 7.35. The van der Waals surface area contributed by atoms with Gasteiger partial charge in [-0.3, -0.25) is 14.5 Å². The molecule has 0 aromatic carbocycles. The van der Waals surface area contributed by atoms with Gasteiger partial charge in [0, 0.05) is 49.0 Å². The molecule has 10 heteroatoms. The Labute approximate surface area is 177 Å². The summed E-state index contributed by atoms with van der Waals surface area (Å²) in [6, 6.07) is 3.20. The highest BCUT2D eigenvalue weighted by Gasteiger charge is 2.54. The van der Waals surface area contributed by atoms with Gasteiger partial charge in [0.05, 0.1) is 0 Å². The Balaban J connectivity index is 1.25. The third-order valence-electron chi connectivity index (χ3n) is 6.10. The van der Waals surface area contributed by atoms with E-state index in [-0.39, 0.29) is 18.4 Å². The number of nitrogens with zero attached hydrogens (tertiary/aromatic N) is 5. The molecule has 4 heterocycles. The first-order valence-corrected chi connectivity index (χ1v) is 11.0. The van der Waals surface area contributed by atoms with Crippen molar-refractivity contribution in [3.63, 3.8) is 0 Å². The van der Waals surface area contributed by atoms with Crippen LogP contribution in [-0.4, -0.2) is 70.3 Å². The third-order valence-corrected chi connectivity index (χ3v) is 7.08. The summed E-state index contributed by atoms with van der Waals surface area (Å²) in [5.74, 6) is 0.117. The molecule has 9 nitrogen and oxygen atoms in total. The summed E-state index contributed by atoms with van der Waals surface area (Å²) in [5, 5.41) is 4.86. The second-order valence-electron chi connectivity index (χ2n) is 7.75. The minimum absolute atomic E-state index is 0.217. The van der Waals surface area contributed by atoms with E-state index in [2.05, 4.69) is 15.3 Å². The number of rotatable bonds is 3. The van der Waals surface area contributed by atoms with Crippen molar-refractivity contribution < 1.29 is 14.4 Å². The largest absolute Gasteiger partial charge is 0.338 e. The molecule has 2 aromatic rings. The molecule has 0 bridgehead atoms. The lowest BCUT2D eigenvalue weighted by Gasteiger charge is -2.35. The normalized spacial score (nSPS) is 23.7. The number of piperazine rings is 1. The van der Waals surface area contributed by atoms with Crippen LogP contribution < -0.4 is 10.2 Å². The molecule has 156 valence electrons. The van der Waals surface area contributed by atoms with Gasteiger partial charge >= 0.3 is 6.03 Å². The zero-order valence-corrected chi connectivity index (χ0v) is 17.2. The number of carbonyl (C=O) groups is 3. The summed E-state index contributed by atoms with van der Waals surface area (Å²) in [5.41, 5.74) is -0.114. The van der Waals surface area contributed by atoms with Crippen molar-refractivity contribution in [2.45, 2.75) is 24.8 Å². The number of amides is 4. The quantitative estimate of drug-likeness (QED) is 0.735. The molecular formula is C20H22N6O3S. The lowest BCUT2D eigenvalue weighted by Crippen LogP contribution is -2.52. The number of imide groups is 1. The number of nitrogens with one attached hydrogen (secondary N) is 1.